The summed E-state index contributed by atoms with van der Waals surface area (Å²) in [5.41, 5.74) is 6.20. The molecule has 0 aromatic heterocycles. The summed E-state index contributed by atoms with van der Waals surface area (Å²) < 4.78 is 0. The van der Waals surface area contributed by atoms with Crippen molar-refractivity contribution in [2.24, 2.45) is 5.73 Å². The smallest absolute Gasteiger partial charge is 0.167 e. The topological polar surface area (TPSA) is 76.5 Å². The monoisotopic (exact) mass is 234 g/mol. The highest BCUT2D eigenvalue weighted by Gasteiger charge is 2.30. The lowest BCUT2D eigenvalue weighted by Gasteiger charge is -2.34. The molecular formula is C12H18N4O. The molecule has 0 aromatic carbocycles. The zero-order valence-corrected chi connectivity index (χ0v) is 9.79. The van der Waals surface area contributed by atoms with Crippen LogP contribution in [0.15, 0.2) is 24.0 Å². The molecule has 0 aliphatic carbocycles. The maximum atomic E-state index is 9.97. The first kappa shape index (κ1) is 12.0. The van der Waals surface area contributed by atoms with E-state index >= 15 is 0 Å². The summed E-state index contributed by atoms with van der Waals surface area (Å²) in [5.74, 6) is 0. The average molecular weight is 234 g/mol. The third kappa shape index (κ3) is 2.60. The van der Waals surface area contributed by atoms with E-state index in [0.717, 1.165) is 26.1 Å². The van der Waals surface area contributed by atoms with Crippen LogP contribution in [0.25, 0.3) is 0 Å². The van der Waals surface area contributed by atoms with Crippen LogP contribution in [0.3, 0.4) is 0 Å². The van der Waals surface area contributed by atoms with Crippen LogP contribution in [0.5, 0.6) is 0 Å². The van der Waals surface area contributed by atoms with Crippen LogP contribution in [0.4, 0.5) is 0 Å². The number of aliphatic hydroxyl groups is 1. The first-order valence-electron chi connectivity index (χ1n) is 5.91. The molecule has 3 N–H and O–H groups in total. The van der Waals surface area contributed by atoms with E-state index in [0.29, 0.717) is 12.1 Å². The molecule has 17 heavy (non-hydrogen) atoms. The van der Waals surface area contributed by atoms with Crippen LogP contribution >= 0.6 is 0 Å². The Kier molecular flexibility index (Phi) is 3.67. The van der Waals surface area contributed by atoms with Gasteiger partial charge in [0.2, 0.25) is 0 Å². The van der Waals surface area contributed by atoms with E-state index in [2.05, 4.69) is 11.0 Å². The average Bonchev–Trinajstić information content (AvgIpc) is 2.78. The fraction of sp³-hybridized carbons (Fsp3) is 0.583. The van der Waals surface area contributed by atoms with Gasteiger partial charge in [-0.15, -0.1) is 0 Å². The predicted molar refractivity (Wildman–Crippen MR) is 64.3 cm³/mol. The standard InChI is InChI=1S/C12H18N4O/c13-5-2-6-15-8-4-10(9-15)16-7-1-3-11(14)12(16)17/h1,3,7,10,12,17H,2,4,6,8-9,14H2/t10-,12?/m1/s1. The van der Waals surface area contributed by atoms with E-state index in [1.54, 1.807) is 6.08 Å². The highest BCUT2D eigenvalue weighted by Crippen LogP contribution is 2.21. The number of hydrogen-bond acceptors (Lipinski definition) is 5. The van der Waals surface area contributed by atoms with Gasteiger partial charge in [0.1, 0.15) is 0 Å². The highest BCUT2D eigenvalue weighted by molar-refractivity contribution is 5.19. The Balaban J connectivity index is 1.91. The van der Waals surface area contributed by atoms with Gasteiger partial charge in [0.25, 0.3) is 0 Å². The molecule has 0 bridgehead atoms. The first-order valence-corrected chi connectivity index (χ1v) is 5.91. The second-order valence-electron chi connectivity index (χ2n) is 4.48. The van der Waals surface area contributed by atoms with E-state index < -0.39 is 6.23 Å². The largest absolute Gasteiger partial charge is 0.398 e. The Hall–Kier alpha value is -1.51. The van der Waals surface area contributed by atoms with Crippen LogP contribution in [0, 0.1) is 11.3 Å². The number of nitrogens with two attached hydrogens (primary N) is 1. The minimum Gasteiger partial charge on any atom is -0.398 e. The van der Waals surface area contributed by atoms with Crippen molar-refractivity contribution in [3.63, 3.8) is 0 Å². The maximum absolute atomic E-state index is 9.97. The van der Waals surface area contributed by atoms with Crippen molar-refractivity contribution in [3.05, 3.63) is 24.0 Å². The van der Waals surface area contributed by atoms with E-state index in [4.69, 9.17) is 11.0 Å². The second-order valence-corrected chi connectivity index (χ2v) is 4.48. The van der Waals surface area contributed by atoms with Gasteiger partial charge < -0.3 is 20.6 Å². The first-order chi connectivity index (χ1) is 8.22. The number of likely N-dealkylation sites (tertiary alicyclic amines) is 1. The van der Waals surface area contributed by atoms with Crippen LogP contribution < -0.4 is 5.73 Å². The molecule has 92 valence electrons. The molecule has 0 spiro atoms. The van der Waals surface area contributed by atoms with Gasteiger partial charge >= 0.3 is 0 Å². The Morgan fingerprint density at radius 1 is 1.59 bits per heavy atom. The van der Waals surface area contributed by atoms with Crippen LogP contribution in [0.2, 0.25) is 0 Å². The lowest BCUT2D eigenvalue weighted by Crippen LogP contribution is -2.44. The minimum absolute atomic E-state index is 0.284. The van der Waals surface area contributed by atoms with E-state index in [9.17, 15) is 5.11 Å². The molecule has 2 rings (SSSR count). The van der Waals surface area contributed by atoms with Gasteiger partial charge in [-0.25, -0.2) is 0 Å². The summed E-state index contributed by atoms with van der Waals surface area (Å²) in [6, 6.07) is 2.44. The molecule has 0 aromatic rings. The van der Waals surface area contributed by atoms with E-state index in [-0.39, 0.29) is 6.04 Å². The molecule has 0 saturated carbocycles. The molecule has 1 saturated heterocycles. The number of rotatable bonds is 3. The zero-order chi connectivity index (χ0) is 12.3. The molecule has 2 aliphatic rings. The SMILES string of the molecule is N#CCCN1CC[C@@H](N2C=CC=C(N)C2O)C1. The lowest BCUT2D eigenvalue weighted by atomic mass is 10.1. The fourth-order valence-corrected chi connectivity index (χ4v) is 2.38. The molecule has 2 atom stereocenters. The van der Waals surface area contributed by atoms with Crippen LogP contribution in [-0.4, -0.2) is 46.8 Å². The maximum Gasteiger partial charge on any atom is 0.167 e. The summed E-state index contributed by atoms with van der Waals surface area (Å²) in [6.07, 6.45) is 6.33. The summed E-state index contributed by atoms with van der Waals surface area (Å²) in [7, 11) is 0. The number of nitriles is 1. The summed E-state index contributed by atoms with van der Waals surface area (Å²) in [4.78, 5) is 4.16. The Morgan fingerprint density at radius 3 is 3.18 bits per heavy atom. The van der Waals surface area contributed by atoms with Gasteiger partial charge in [0, 0.05) is 38.3 Å². The summed E-state index contributed by atoms with van der Waals surface area (Å²) in [5, 5.41) is 18.5. The van der Waals surface area contributed by atoms with Gasteiger partial charge in [-0.1, -0.05) is 0 Å². The second kappa shape index (κ2) is 5.21. The van der Waals surface area contributed by atoms with Gasteiger partial charge in [0.05, 0.1) is 11.8 Å². The van der Waals surface area contributed by atoms with Gasteiger partial charge in [-0.3, -0.25) is 0 Å². The third-order valence-electron chi connectivity index (χ3n) is 3.34. The number of nitrogens with zero attached hydrogens (tertiary/aromatic N) is 3. The van der Waals surface area contributed by atoms with Crippen LogP contribution in [0.1, 0.15) is 12.8 Å². The molecule has 0 amide bonds. The lowest BCUT2D eigenvalue weighted by molar-refractivity contribution is 0.0381. The molecule has 1 unspecified atom stereocenters. The number of aliphatic hydroxyl groups excluding tert-OH is 1. The molecule has 1 fully saturated rings. The van der Waals surface area contributed by atoms with Crippen molar-refractivity contribution in [3.8, 4) is 6.07 Å². The Labute approximate surface area is 101 Å². The minimum atomic E-state index is -0.707. The molecular weight excluding hydrogens is 216 g/mol. The van der Waals surface area contributed by atoms with Crippen molar-refractivity contribution in [1.82, 2.24) is 9.80 Å². The zero-order valence-electron chi connectivity index (χ0n) is 9.79. The van der Waals surface area contributed by atoms with Crippen molar-refractivity contribution in [1.29, 1.82) is 5.26 Å². The summed E-state index contributed by atoms with van der Waals surface area (Å²) in [6.45, 7) is 2.68. The Bertz CT molecular complexity index is 371. The Morgan fingerprint density at radius 2 is 2.41 bits per heavy atom. The van der Waals surface area contributed by atoms with Gasteiger partial charge in [-0.05, 0) is 18.6 Å². The fourth-order valence-electron chi connectivity index (χ4n) is 2.38. The molecule has 5 heteroatoms. The van der Waals surface area contributed by atoms with Crippen molar-refractivity contribution < 1.29 is 5.11 Å². The van der Waals surface area contributed by atoms with Gasteiger partial charge in [-0.2, -0.15) is 5.26 Å². The highest BCUT2D eigenvalue weighted by atomic mass is 16.3. The van der Waals surface area contributed by atoms with E-state index in [1.165, 1.54) is 0 Å². The quantitative estimate of drug-likeness (QED) is 0.717. The number of hydrogen-bond donors (Lipinski definition) is 2. The molecule has 2 heterocycles. The predicted octanol–water partition coefficient (Wildman–Crippen LogP) is -0.0353. The third-order valence-corrected chi connectivity index (χ3v) is 3.34. The molecule has 2 aliphatic heterocycles. The van der Waals surface area contributed by atoms with E-state index in [1.807, 2.05) is 17.2 Å². The van der Waals surface area contributed by atoms with Crippen molar-refractivity contribution >= 4 is 0 Å². The summed E-state index contributed by atoms with van der Waals surface area (Å²) >= 11 is 0. The van der Waals surface area contributed by atoms with Gasteiger partial charge in [0.15, 0.2) is 6.23 Å². The molecule has 0 radical (unpaired) electrons. The number of allylic oxidation sites excluding steroid dienone is 2. The molecule has 5 nitrogen and oxygen atoms in total. The normalized spacial score (nSPS) is 29.2. The van der Waals surface area contributed by atoms with Crippen LogP contribution in [-0.2, 0) is 0 Å². The van der Waals surface area contributed by atoms with Crippen molar-refractivity contribution in [2.45, 2.75) is 25.1 Å². The van der Waals surface area contributed by atoms with Crippen molar-refractivity contribution in [2.75, 3.05) is 19.6 Å².